The molecule has 14 heavy (non-hydrogen) atoms. The molecule has 0 fully saturated rings. The van der Waals surface area contributed by atoms with E-state index in [0.717, 1.165) is 25.0 Å². The summed E-state index contributed by atoms with van der Waals surface area (Å²) in [5.41, 5.74) is 1.15. The van der Waals surface area contributed by atoms with Crippen molar-refractivity contribution in [2.45, 2.75) is 25.3 Å². The second kappa shape index (κ2) is 6.33. The summed E-state index contributed by atoms with van der Waals surface area (Å²) >= 11 is 0. The van der Waals surface area contributed by atoms with Crippen molar-refractivity contribution >= 4 is 0 Å². The number of nitrogens with zero attached hydrogens (tertiary/aromatic N) is 1. The van der Waals surface area contributed by atoms with Crippen molar-refractivity contribution in [3.63, 3.8) is 0 Å². The van der Waals surface area contributed by atoms with Gasteiger partial charge in [0.15, 0.2) is 0 Å². The van der Waals surface area contributed by atoms with E-state index in [1.165, 1.54) is 0 Å². The van der Waals surface area contributed by atoms with Gasteiger partial charge in [-0.15, -0.1) is 6.58 Å². The number of aromatic nitrogens is 1. The number of likely N-dealkylation sites (N-methyl/N-ethyl adjacent to an activating group) is 1. The van der Waals surface area contributed by atoms with Crippen LogP contribution in [0.1, 0.15) is 18.5 Å². The number of nitrogens with one attached hydrogen (secondary N) is 1. The molecule has 0 aliphatic rings. The van der Waals surface area contributed by atoms with E-state index in [1.54, 1.807) is 0 Å². The molecule has 0 saturated carbocycles. The van der Waals surface area contributed by atoms with Crippen LogP contribution in [0.25, 0.3) is 0 Å². The molecule has 0 aliphatic heterocycles. The molecular weight excluding hydrogens is 172 g/mol. The normalized spacial score (nSPS) is 12.4. The van der Waals surface area contributed by atoms with Crippen molar-refractivity contribution in [1.82, 2.24) is 10.3 Å². The highest BCUT2D eigenvalue weighted by molar-refractivity contribution is 5.05. The van der Waals surface area contributed by atoms with Crippen molar-refractivity contribution < 1.29 is 0 Å². The molecular formula is C12H18N2. The van der Waals surface area contributed by atoms with E-state index in [-0.39, 0.29) is 0 Å². The highest BCUT2D eigenvalue weighted by atomic mass is 14.9. The fourth-order valence-electron chi connectivity index (χ4n) is 1.44. The van der Waals surface area contributed by atoms with Crippen LogP contribution in [0.5, 0.6) is 0 Å². The average Bonchev–Trinajstić information content (AvgIpc) is 2.25. The fraction of sp³-hybridized carbons (Fsp3) is 0.417. The van der Waals surface area contributed by atoms with Crippen LogP contribution in [-0.4, -0.2) is 18.1 Å². The number of allylic oxidation sites excluding steroid dienone is 1. The summed E-state index contributed by atoms with van der Waals surface area (Å²) in [6.07, 6.45) is 6.97. The summed E-state index contributed by atoms with van der Waals surface area (Å²) in [7, 11) is 2.00. The second-order valence-corrected chi connectivity index (χ2v) is 3.38. The van der Waals surface area contributed by atoms with Gasteiger partial charge in [-0.1, -0.05) is 12.1 Å². The number of pyridine rings is 1. The highest BCUT2D eigenvalue weighted by Gasteiger charge is 2.06. The van der Waals surface area contributed by atoms with Gasteiger partial charge in [0, 0.05) is 24.4 Å². The van der Waals surface area contributed by atoms with Crippen LogP contribution < -0.4 is 5.32 Å². The number of rotatable bonds is 6. The van der Waals surface area contributed by atoms with Crippen LogP contribution in [0.15, 0.2) is 37.1 Å². The van der Waals surface area contributed by atoms with Crippen molar-refractivity contribution in [2.75, 3.05) is 7.05 Å². The maximum atomic E-state index is 4.31. The van der Waals surface area contributed by atoms with Crippen LogP contribution in [0, 0.1) is 0 Å². The van der Waals surface area contributed by atoms with Gasteiger partial charge in [0.2, 0.25) is 0 Å². The topological polar surface area (TPSA) is 24.9 Å². The fourth-order valence-corrected chi connectivity index (χ4v) is 1.44. The Morgan fingerprint density at radius 1 is 1.57 bits per heavy atom. The Labute approximate surface area is 86.1 Å². The molecule has 1 aromatic heterocycles. The first-order chi connectivity index (χ1) is 6.86. The monoisotopic (exact) mass is 190 g/mol. The Kier molecular flexibility index (Phi) is 4.94. The number of hydrogen-bond donors (Lipinski definition) is 1. The lowest BCUT2D eigenvalue weighted by Crippen LogP contribution is -2.27. The Morgan fingerprint density at radius 3 is 3.00 bits per heavy atom. The summed E-state index contributed by atoms with van der Waals surface area (Å²) in [6, 6.07) is 6.55. The molecule has 0 bridgehead atoms. The highest BCUT2D eigenvalue weighted by Crippen LogP contribution is 2.04. The standard InChI is InChI=1S/C12H18N2/c1-3-4-7-11(13-2)10-12-8-5-6-9-14-12/h3,5-6,8-9,11,13H,1,4,7,10H2,2H3. The van der Waals surface area contributed by atoms with E-state index in [0.29, 0.717) is 6.04 Å². The van der Waals surface area contributed by atoms with Gasteiger partial charge in [0.25, 0.3) is 0 Å². The third-order valence-corrected chi connectivity index (χ3v) is 2.31. The predicted octanol–water partition coefficient (Wildman–Crippen LogP) is 2.18. The molecule has 0 spiro atoms. The van der Waals surface area contributed by atoms with Gasteiger partial charge < -0.3 is 5.32 Å². The molecule has 0 radical (unpaired) electrons. The summed E-state index contributed by atoms with van der Waals surface area (Å²) in [5, 5.41) is 3.30. The van der Waals surface area contributed by atoms with E-state index in [9.17, 15) is 0 Å². The van der Waals surface area contributed by atoms with Gasteiger partial charge in [0.1, 0.15) is 0 Å². The molecule has 0 saturated heterocycles. The summed E-state index contributed by atoms with van der Waals surface area (Å²) in [5.74, 6) is 0. The summed E-state index contributed by atoms with van der Waals surface area (Å²) < 4.78 is 0. The quantitative estimate of drug-likeness (QED) is 0.695. The maximum absolute atomic E-state index is 4.31. The Hall–Kier alpha value is -1.15. The zero-order valence-electron chi connectivity index (χ0n) is 8.74. The van der Waals surface area contributed by atoms with Crippen molar-refractivity contribution in [2.24, 2.45) is 0 Å². The van der Waals surface area contributed by atoms with E-state index >= 15 is 0 Å². The lowest BCUT2D eigenvalue weighted by Gasteiger charge is -2.14. The van der Waals surface area contributed by atoms with Gasteiger partial charge in [-0.25, -0.2) is 0 Å². The largest absolute Gasteiger partial charge is 0.317 e. The van der Waals surface area contributed by atoms with E-state index in [1.807, 2.05) is 31.5 Å². The van der Waals surface area contributed by atoms with E-state index in [4.69, 9.17) is 0 Å². The Balaban J connectivity index is 2.44. The molecule has 1 unspecified atom stereocenters. The van der Waals surface area contributed by atoms with Crippen LogP contribution >= 0.6 is 0 Å². The lowest BCUT2D eigenvalue weighted by molar-refractivity contribution is 0.519. The summed E-state index contributed by atoms with van der Waals surface area (Å²) in [6.45, 7) is 3.73. The van der Waals surface area contributed by atoms with Crippen molar-refractivity contribution in [3.8, 4) is 0 Å². The second-order valence-electron chi connectivity index (χ2n) is 3.38. The maximum Gasteiger partial charge on any atom is 0.0419 e. The van der Waals surface area contributed by atoms with E-state index in [2.05, 4.69) is 22.9 Å². The van der Waals surface area contributed by atoms with Gasteiger partial charge in [0.05, 0.1) is 0 Å². The van der Waals surface area contributed by atoms with E-state index < -0.39 is 0 Å². The first-order valence-corrected chi connectivity index (χ1v) is 5.05. The third-order valence-electron chi connectivity index (χ3n) is 2.31. The van der Waals surface area contributed by atoms with Crippen LogP contribution in [0.3, 0.4) is 0 Å². The third kappa shape index (κ3) is 3.71. The van der Waals surface area contributed by atoms with Gasteiger partial charge in [-0.05, 0) is 32.0 Å². The Bertz CT molecular complexity index is 256. The molecule has 1 N–H and O–H groups in total. The van der Waals surface area contributed by atoms with Crippen molar-refractivity contribution in [1.29, 1.82) is 0 Å². The SMILES string of the molecule is C=CCCC(Cc1ccccn1)NC. The van der Waals surface area contributed by atoms with Gasteiger partial charge in [-0.3, -0.25) is 4.98 Å². The molecule has 76 valence electrons. The molecule has 1 aromatic rings. The van der Waals surface area contributed by atoms with Gasteiger partial charge in [-0.2, -0.15) is 0 Å². The molecule has 1 rings (SSSR count). The average molecular weight is 190 g/mol. The van der Waals surface area contributed by atoms with Crippen LogP contribution in [0.2, 0.25) is 0 Å². The Morgan fingerprint density at radius 2 is 2.43 bits per heavy atom. The first kappa shape index (κ1) is 10.9. The molecule has 0 aromatic carbocycles. The minimum Gasteiger partial charge on any atom is -0.317 e. The molecule has 1 heterocycles. The first-order valence-electron chi connectivity index (χ1n) is 5.05. The predicted molar refractivity (Wildman–Crippen MR) is 60.2 cm³/mol. The summed E-state index contributed by atoms with van der Waals surface area (Å²) in [4.78, 5) is 4.31. The van der Waals surface area contributed by atoms with Crippen molar-refractivity contribution in [3.05, 3.63) is 42.7 Å². The van der Waals surface area contributed by atoms with Crippen LogP contribution in [-0.2, 0) is 6.42 Å². The molecule has 2 nitrogen and oxygen atoms in total. The zero-order valence-corrected chi connectivity index (χ0v) is 8.74. The molecule has 0 aliphatic carbocycles. The zero-order chi connectivity index (χ0) is 10.2. The molecule has 0 amide bonds. The minimum atomic E-state index is 0.503. The number of hydrogen-bond acceptors (Lipinski definition) is 2. The van der Waals surface area contributed by atoms with Crippen LogP contribution in [0.4, 0.5) is 0 Å². The smallest absolute Gasteiger partial charge is 0.0419 e. The van der Waals surface area contributed by atoms with Gasteiger partial charge >= 0.3 is 0 Å². The minimum absolute atomic E-state index is 0.503. The molecule has 2 heteroatoms. The molecule has 1 atom stereocenters. The lowest BCUT2D eigenvalue weighted by atomic mass is 10.1.